The average molecular weight is 573 g/mol. The smallest absolute Gasteiger partial charge is 0.350 e. The fraction of sp³-hybridized carbons (Fsp3) is 0.200. The van der Waals surface area contributed by atoms with Crippen molar-refractivity contribution in [3.8, 4) is 5.69 Å². The Morgan fingerprint density at radius 2 is 1.80 bits per heavy atom. The van der Waals surface area contributed by atoms with Crippen LogP contribution in [0, 0.1) is 11.6 Å². The van der Waals surface area contributed by atoms with Crippen LogP contribution in [0.25, 0.3) is 5.69 Å². The van der Waals surface area contributed by atoms with Crippen LogP contribution in [0.4, 0.5) is 17.6 Å². The molecule has 0 aliphatic heterocycles. The molecule has 3 aromatic heterocycles. The van der Waals surface area contributed by atoms with Crippen molar-refractivity contribution in [2.45, 2.75) is 29.5 Å². The van der Waals surface area contributed by atoms with E-state index in [4.69, 9.17) is 0 Å². The Bertz CT molecular complexity index is 1670. The van der Waals surface area contributed by atoms with Crippen LogP contribution in [0.1, 0.15) is 16.8 Å². The summed E-state index contributed by atoms with van der Waals surface area (Å²) < 4.78 is 63.2. The van der Waals surface area contributed by atoms with Crippen molar-refractivity contribution in [2.24, 2.45) is 0 Å². The van der Waals surface area contributed by atoms with E-state index in [2.05, 4.69) is 25.6 Å². The van der Waals surface area contributed by atoms with E-state index in [1.54, 1.807) is 11.8 Å². The predicted molar refractivity (Wildman–Crippen MR) is 135 cm³/mol. The van der Waals surface area contributed by atoms with E-state index in [1.165, 1.54) is 17.1 Å². The van der Waals surface area contributed by atoms with Gasteiger partial charge in [0, 0.05) is 16.5 Å². The van der Waals surface area contributed by atoms with Crippen LogP contribution in [0.5, 0.6) is 0 Å². The highest BCUT2D eigenvalue weighted by atomic mass is 32.2. The second-order valence-corrected chi connectivity index (χ2v) is 9.64. The number of tetrazole rings is 1. The van der Waals surface area contributed by atoms with Gasteiger partial charge in [0.25, 0.3) is 0 Å². The maximum Gasteiger partial charge on any atom is 0.350 e. The molecule has 0 amide bonds. The highest BCUT2D eigenvalue weighted by Gasteiger charge is 2.58. The molecule has 1 atom stereocenters. The zero-order chi connectivity index (χ0) is 28.5. The fourth-order valence-electron chi connectivity index (χ4n) is 4.12. The molecule has 0 aliphatic rings. The van der Waals surface area contributed by atoms with Gasteiger partial charge >= 0.3 is 11.6 Å². The van der Waals surface area contributed by atoms with Gasteiger partial charge in [0.1, 0.15) is 30.0 Å². The lowest BCUT2D eigenvalue weighted by atomic mass is 9.84. The number of hydrogen-bond acceptors (Lipinski definition) is 8. The van der Waals surface area contributed by atoms with Crippen molar-refractivity contribution in [2.75, 3.05) is 6.26 Å². The molecule has 0 fully saturated rings. The summed E-state index contributed by atoms with van der Waals surface area (Å²) in [6.45, 7) is -0.791. The van der Waals surface area contributed by atoms with Crippen molar-refractivity contribution in [3.63, 3.8) is 0 Å². The maximum absolute atomic E-state index is 15.9. The molecule has 206 valence electrons. The zero-order valence-corrected chi connectivity index (χ0v) is 21.5. The summed E-state index contributed by atoms with van der Waals surface area (Å²) in [6, 6.07) is 11.5. The van der Waals surface area contributed by atoms with Crippen LogP contribution >= 0.6 is 11.8 Å². The maximum atomic E-state index is 15.9. The highest BCUT2D eigenvalue weighted by molar-refractivity contribution is 7.98. The third kappa shape index (κ3) is 5.00. The molecule has 0 saturated carbocycles. The summed E-state index contributed by atoms with van der Waals surface area (Å²) >= 11 is 1.59. The monoisotopic (exact) mass is 572 g/mol. The summed E-state index contributed by atoms with van der Waals surface area (Å²) in [5.41, 5.74) is -4.66. The molecular formula is C25H20F4N8O2S. The van der Waals surface area contributed by atoms with E-state index in [1.807, 2.05) is 30.5 Å². The molecule has 10 nitrogen and oxygen atoms in total. The minimum Gasteiger partial charge on any atom is -0.377 e. The molecule has 5 aromatic rings. The van der Waals surface area contributed by atoms with Crippen molar-refractivity contribution >= 4 is 11.8 Å². The van der Waals surface area contributed by atoms with E-state index in [-0.39, 0.29) is 12.2 Å². The highest BCUT2D eigenvalue weighted by Crippen LogP contribution is 2.46. The molecule has 0 bridgehead atoms. The van der Waals surface area contributed by atoms with Gasteiger partial charge in [-0.05, 0) is 58.6 Å². The molecular weight excluding hydrogens is 552 g/mol. The Morgan fingerprint density at radius 1 is 1.02 bits per heavy atom. The lowest BCUT2D eigenvalue weighted by Crippen LogP contribution is -2.48. The number of benzene rings is 2. The van der Waals surface area contributed by atoms with Gasteiger partial charge in [-0.1, -0.05) is 12.1 Å². The summed E-state index contributed by atoms with van der Waals surface area (Å²) in [5, 5.41) is 25.5. The van der Waals surface area contributed by atoms with Crippen molar-refractivity contribution in [3.05, 3.63) is 112 Å². The van der Waals surface area contributed by atoms with Crippen LogP contribution in [0.2, 0.25) is 0 Å². The fourth-order valence-corrected chi connectivity index (χ4v) is 4.53. The number of thioether (sulfide) groups is 1. The molecule has 0 spiro atoms. The van der Waals surface area contributed by atoms with Crippen molar-refractivity contribution in [1.29, 1.82) is 0 Å². The first-order valence-corrected chi connectivity index (χ1v) is 12.9. The number of pyridine rings is 1. The van der Waals surface area contributed by atoms with Gasteiger partial charge in [0.15, 0.2) is 5.60 Å². The molecule has 0 saturated heterocycles. The number of aromatic nitrogens is 8. The Kier molecular flexibility index (Phi) is 7.25. The minimum absolute atomic E-state index is 0.130. The topological polar surface area (TPSA) is 117 Å². The van der Waals surface area contributed by atoms with E-state index in [0.29, 0.717) is 6.07 Å². The normalized spacial score (nSPS) is 13.3. The Labute approximate surface area is 227 Å². The summed E-state index contributed by atoms with van der Waals surface area (Å²) in [4.78, 5) is 17.8. The molecule has 40 heavy (non-hydrogen) atoms. The first-order chi connectivity index (χ1) is 19.1. The molecule has 3 heterocycles. The second kappa shape index (κ2) is 10.7. The molecule has 0 aliphatic carbocycles. The standard InChI is InChI=1S/C25H20F4N8O2S/c1-40-19-6-2-16(3-7-19)12-37-23(38)36(15-32-37)18-5-9-22(30-11-18)25(28,29)24(39,13-35-14-31-33-34-35)20-8-4-17(26)10-21(20)27/h2-11,14-15,39H,12-13H2,1H3. The van der Waals surface area contributed by atoms with Crippen LogP contribution in [-0.2, 0) is 24.6 Å². The summed E-state index contributed by atoms with van der Waals surface area (Å²) in [6.07, 6.45) is 5.14. The van der Waals surface area contributed by atoms with Crippen LogP contribution < -0.4 is 5.69 Å². The molecule has 15 heteroatoms. The molecule has 0 radical (unpaired) electrons. The van der Waals surface area contributed by atoms with Gasteiger partial charge in [-0.25, -0.2) is 27.5 Å². The molecule has 1 unspecified atom stereocenters. The Morgan fingerprint density at radius 3 is 2.42 bits per heavy atom. The lowest BCUT2D eigenvalue weighted by molar-refractivity contribution is -0.207. The Balaban J connectivity index is 1.46. The first kappa shape index (κ1) is 27.2. The summed E-state index contributed by atoms with van der Waals surface area (Å²) in [7, 11) is 0. The van der Waals surface area contributed by atoms with E-state index in [0.717, 1.165) is 50.4 Å². The number of rotatable bonds is 9. The number of aliphatic hydroxyl groups is 1. The first-order valence-electron chi connectivity index (χ1n) is 11.6. The van der Waals surface area contributed by atoms with Gasteiger partial charge in [-0.2, -0.15) is 13.9 Å². The number of hydrogen-bond donors (Lipinski definition) is 1. The minimum atomic E-state index is -4.23. The van der Waals surface area contributed by atoms with Gasteiger partial charge in [-0.3, -0.25) is 4.98 Å². The molecule has 1 N–H and O–H groups in total. The van der Waals surface area contributed by atoms with Crippen molar-refractivity contribution < 1.29 is 22.7 Å². The number of nitrogens with zero attached hydrogens (tertiary/aromatic N) is 8. The lowest BCUT2D eigenvalue weighted by Gasteiger charge is -2.35. The second-order valence-electron chi connectivity index (χ2n) is 8.76. The quantitative estimate of drug-likeness (QED) is 0.212. The predicted octanol–water partition coefficient (Wildman–Crippen LogP) is 3.14. The zero-order valence-electron chi connectivity index (χ0n) is 20.7. The van der Waals surface area contributed by atoms with Crippen LogP contribution in [0.15, 0.2) is 83.1 Å². The summed E-state index contributed by atoms with van der Waals surface area (Å²) in [5.74, 6) is -6.64. The van der Waals surface area contributed by atoms with Gasteiger partial charge in [0.05, 0.1) is 25.0 Å². The number of alkyl halides is 2. The van der Waals surface area contributed by atoms with E-state index >= 15 is 8.78 Å². The SMILES string of the molecule is CSc1ccc(Cn2ncn(-c3ccc(C(F)(F)C(O)(Cn4cnnn4)c4ccc(F)cc4F)nc3)c2=O)cc1. The van der Waals surface area contributed by atoms with E-state index < -0.39 is 46.6 Å². The van der Waals surface area contributed by atoms with Gasteiger partial charge in [0.2, 0.25) is 0 Å². The molecule has 2 aromatic carbocycles. The van der Waals surface area contributed by atoms with Crippen LogP contribution in [-0.4, -0.2) is 50.9 Å². The average Bonchev–Trinajstić information content (AvgIpc) is 3.58. The molecule has 5 rings (SSSR count). The Hall–Kier alpha value is -4.37. The van der Waals surface area contributed by atoms with Crippen molar-refractivity contribution in [1.82, 2.24) is 39.5 Å². The third-order valence-corrected chi connectivity index (χ3v) is 6.99. The van der Waals surface area contributed by atoms with Crippen LogP contribution in [0.3, 0.4) is 0 Å². The third-order valence-electron chi connectivity index (χ3n) is 6.25. The van der Waals surface area contributed by atoms with Gasteiger partial charge in [-0.15, -0.1) is 16.9 Å². The largest absolute Gasteiger partial charge is 0.377 e. The number of halogens is 4. The van der Waals surface area contributed by atoms with Gasteiger partial charge < -0.3 is 5.11 Å². The van der Waals surface area contributed by atoms with E-state index in [9.17, 15) is 18.7 Å².